The van der Waals surface area contributed by atoms with Crippen LogP contribution in [0.1, 0.15) is 41.5 Å². The normalized spacial score (nSPS) is 20.9. The smallest absolute Gasteiger partial charge is 0.153 e. The Morgan fingerprint density at radius 1 is 1.06 bits per heavy atom. The minimum Gasteiger partial charge on any atom is -0.363 e. The predicted molar refractivity (Wildman–Crippen MR) is 68.3 cm³/mol. The molecule has 2 nitrogen and oxygen atoms in total. The largest absolute Gasteiger partial charge is 0.363 e. The van der Waals surface area contributed by atoms with E-state index in [1.54, 1.807) is 7.11 Å². The molecule has 0 N–H and O–H groups in total. The molecule has 1 rings (SSSR count). The second-order valence-corrected chi connectivity index (χ2v) is 6.73. The molecule has 0 spiro atoms. The predicted octanol–water partition coefficient (Wildman–Crippen LogP) is 2.54. The van der Waals surface area contributed by atoms with E-state index in [1.165, 1.54) is 0 Å². The maximum absolute atomic E-state index is 5.58. The zero-order chi connectivity index (χ0) is 12.6. The Morgan fingerprint density at radius 2 is 1.56 bits per heavy atom. The van der Waals surface area contributed by atoms with Gasteiger partial charge in [0.15, 0.2) is 5.60 Å². The quantitative estimate of drug-likeness (QED) is 0.633. The van der Waals surface area contributed by atoms with Crippen molar-refractivity contribution in [3.63, 3.8) is 0 Å². The van der Waals surface area contributed by atoms with Crippen molar-refractivity contribution >= 4 is 0 Å². The molecule has 0 radical (unpaired) electrons. The molecule has 0 aromatic rings. The molecule has 0 aliphatic carbocycles. The van der Waals surface area contributed by atoms with Crippen LogP contribution in [0.2, 0.25) is 0 Å². The van der Waals surface area contributed by atoms with Gasteiger partial charge in [-0.1, -0.05) is 11.8 Å². The molecule has 1 saturated heterocycles. The van der Waals surface area contributed by atoms with Crippen LogP contribution in [0.15, 0.2) is 0 Å². The van der Waals surface area contributed by atoms with E-state index in [4.69, 9.17) is 4.74 Å². The summed E-state index contributed by atoms with van der Waals surface area (Å²) in [6.07, 6.45) is 0. The van der Waals surface area contributed by atoms with Crippen molar-refractivity contribution in [3.05, 3.63) is 0 Å². The van der Waals surface area contributed by atoms with Crippen LogP contribution in [0, 0.1) is 17.3 Å². The molecule has 0 saturated carbocycles. The molecule has 1 fully saturated rings. The number of likely N-dealkylation sites (tertiary alicyclic amines) is 1. The lowest BCUT2D eigenvalue weighted by atomic mass is 9.87. The maximum atomic E-state index is 5.58. The van der Waals surface area contributed by atoms with Gasteiger partial charge in [-0.15, -0.1) is 0 Å². The highest BCUT2D eigenvalue weighted by Gasteiger charge is 2.46. The van der Waals surface area contributed by atoms with E-state index >= 15 is 0 Å². The van der Waals surface area contributed by atoms with E-state index in [9.17, 15) is 0 Å². The molecule has 1 aliphatic heterocycles. The van der Waals surface area contributed by atoms with Crippen molar-refractivity contribution in [1.82, 2.24) is 4.90 Å². The number of hydrogen-bond donors (Lipinski definition) is 0. The third-order valence-electron chi connectivity index (χ3n) is 2.90. The van der Waals surface area contributed by atoms with E-state index in [-0.39, 0.29) is 16.6 Å². The molecular weight excluding hydrogens is 198 g/mol. The van der Waals surface area contributed by atoms with Crippen LogP contribution < -0.4 is 0 Å². The summed E-state index contributed by atoms with van der Waals surface area (Å²) >= 11 is 0. The average molecular weight is 223 g/mol. The van der Waals surface area contributed by atoms with Gasteiger partial charge >= 0.3 is 0 Å². The molecular formula is C14H25NO. The fourth-order valence-electron chi connectivity index (χ4n) is 1.61. The Labute approximate surface area is 100 Å². The van der Waals surface area contributed by atoms with Gasteiger partial charge in [0.2, 0.25) is 0 Å². The van der Waals surface area contributed by atoms with Crippen LogP contribution in [-0.4, -0.2) is 36.2 Å². The minimum absolute atomic E-state index is 0.0493. The van der Waals surface area contributed by atoms with E-state index in [0.717, 1.165) is 13.1 Å². The lowest BCUT2D eigenvalue weighted by Gasteiger charge is -2.52. The van der Waals surface area contributed by atoms with Gasteiger partial charge in [-0.2, -0.15) is 0 Å². The van der Waals surface area contributed by atoms with Crippen molar-refractivity contribution in [3.8, 4) is 11.8 Å². The first-order chi connectivity index (χ1) is 7.08. The van der Waals surface area contributed by atoms with Crippen molar-refractivity contribution in [2.75, 3.05) is 20.2 Å². The summed E-state index contributed by atoms with van der Waals surface area (Å²) in [5.74, 6) is 6.60. The molecule has 0 unspecified atom stereocenters. The fraction of sp³-hybridized carbons (Fsp3) is 0.857. The molecule has 0 amide bonds. The number of hydrogen-bond acceptors (Lipinski definition) is 2. The van der Waals surface area contributed by atoms with Gasteiger partial charge in [-0.05, 0) is 41.5 Å². The first kappa shape index (κ1) is 13.5. The third-order valence-corrected chi connectivity index (χ3v) is 2.90. The number of methoxy groups -OCH3 is 1. The Balaban J connectivity index is 2.68. The summed E-state index contributed by atoms with van der Waals surface area (Å²) in [6, 6.07) is 0. The Hall–Kier alpha value is -0.520. The lowest BCUT2D eigenvalue weighted by molar-refractivity contribution is -0.116. The molecule has 0 aromatic carbocycles. The minimum atomic E-state index is -0.236. The monoisotopic (exact) mass is 223 g/mol. The number of rotatable bonds is 1. The summed E-state index contributed by atoms with van der Waals surface area (Å²) < 4.78 is 5.58. The van der Waals surface area contributed by atoms with E-state index in [1.807, 2.05) is 0 Å². The summed E-state index contributed by atoms with van der Waals surface area (Å²) in [5.41, 5.74) is 0.0275. The van der Waals surface area contributed by atoms with E-state index in [2.05, 4.69) is 58.3 Å². The molecule has 16 heavy (non-hydrogen) atoms. The number of nitrogens with zero attached hydrogens (tertiary/aromatic N) is 1. The zero-order valence-corrected chi connectivity index (χ0v) is 11.8. The van der Waals surface area contributed by atoms with Gasteiger partial charge < -0.3 is 4.74 Å². The van der Waals surface area contributed by atoms with E-state index < -0.39 is 0 Å². The molecule has 0 bridgehead atoms. The van der Waals surface area contributed by atoms with E-state index in [0.29, 0.717) is 0 Å². The Bertz CT molecular complexity index is 302. The van der Waals surface area contributed by atoms with Gasteiger partial charge in [0.1, 0.15) is 0 Å². The van der Waals surface area contributed by atoms with Crippen LogP contribution in [0.25, 0.3) is 0 Å². The highest BCUT2D eigenvalue weighted by atomic mass is 16.5. The van der Waals surface area contributed by atoms with Crippen molar-refractivity contribution in [2.24, 2.45) is 5.41 Å². The zero-order valence-electron chi connectivity index (χ0n) is 11.8. The van der Waals surface area contributed by atoms with Crippen LogP contribution in [0.5, 0.6) is 0 Å². The summed E-state index contributed by atoms with van der Waals surface area (Å²) in [5, 5.41) is 0. The fourth-order valence-corrected chi connectivity index (χ4v) is 1.61. The third kappa shape index (κ3) is 3.23. The average Bonchev–Trinajstić information content (AvgIpc) is 1.98. The molecule has 92 valence electrons. The molecule has 1 heterocycles. The number of ether oxygens (including phenoxy) is 1. The van der Waals surface area contributed by atoms with Crippen molar-refractivity contribution < 1.29 is 4.74 Å². The molecule has 2 heteroatoms. The van der Waals surface area contributed by atoms with Gasteiger partial charge in [-0.25, -0.2) is 0 Å². The highest BCUT2D eigenvalue weighted by Crippen LogP contribution is 2.31. The maximum Gasteiger partial charge on any atom is 0.153 e. The molecule has 1 aliphatic rings. The van der Waals surface area contributed by atoms with Gasteiger partial charge in [0, 0.05) is 31.2 Å². The second kappa shape index (κ2) is 4.05. The second-order valence-electron chi connectivity index (χ2n) is 6.73. The van der Waals surface area contributed by atoms with Crippen molar-refractivity contribution in [1.29, 1.82) is 0 Å². The van der Waals surface area contributed by atoms with Gasteiger partial charge in [-0.3, -0.25) is 4.90 Å². The lowest BCUT2D eigenvalue weighted by Crippen LogP contribution is -2.67. The first-order valence-electron chi connectivity index (χ1n) is 5.93. The van der Waals surface area contributed by atoms with Crippen LogP contribution >= 0.6 is 0 Å². The summed E-state index contributed by atoms with van der Waals surface area (Å²) in [4.78, 5) is 2.40. The summed E-state index contributed by atoms with van der Waals surface area (Å²) in [6.45, 7) is 14.9. The van der Waals surface area contributed by atoms with Crippen LogP contribution in [0.4, 0.5) is 0 Å². The molecule has 0 aromatic heterocycles. The van der Waals surface area contributed by atoms with Crippen LogP contribution in [-0.2, 0) is 4.74 Å². The summed E-state index contributed by atoms with van der Waals surface area (Å²) in [7, 11) is 1.76. The topological polar surface area (TPSA) is 12.5 Å². The van der Waals surface area contributed by atoms with Gasteiger partial charge in [0.25, 0.3) is 0 Å². The highest BCUT2D eigenvalue weighted by molar-refractivity contribution is 5.25. The molecule has 0 atom stereocenters. The standard InChI is InChI=1S/C14H25NO/c1-12(2,3)8-9-14(16-7)10-15(11-14)13(4,5)6/h10-11H2,1-7H3. The Morgan fingerprint density at radius 3 is 1.88 bits per heavy atom. The van der Waals surface area contributed by atoms with Crippen LogP contribution in [0.3, 0.4) is 0 Å². The Kier molecular flexibility index (Phi) is 3.43. The first-order valence-corrected chi connectivity index (χ1v) is 5.93. The van der Waals surface area contributed by atoms with Gasteiger partial charge in [0.05, 0.1) is 0 Å². The SMILES string of the molecule is COC1(C#CC(C)(C)C)CN(C(C)(C)C)C1. The van der Waals surface area contributed by atoms with Crippen molar-refractivity contribution in [2.45, 2.75) is 52.7 Å².